The van der Waals surface area contributed by atoms with E-state index < -0.39 is 0 Å². The molecule has 1 aliphatic heterocycles. The highest BCUT2D eigenvalue weighted by Crippen LogP contribution is 2.24. The van der Waals surface area contributed by atoms with Crippen LogP contribution < -0.4 is 5.73 Å². The molecule has 0 saturated carbocycles. The lowest BCUT2D eigenvalue weighted by molar-refractivity contribution is 0.0651. The van der Waals surface area contributed by atoms with Crippen molar-refractivity contribution in [2.75, 3.05) is 6.54 Å². The number of nitrogens with zero attached hydrogens (tertiary/aromatic N) is 1. The zero-order valence-electron chi connectivity index (χ0n) is 8.59. The molecule has 1 rings (SSSR count). The normalized spacial score (nSPS) is 32.8. The van der Waals surface area contributed by atoms with Crippen LogP contribution >= 0.6 is 0 Å². The summed E-state index contributed by atoms with van der Waals surface area (Å²) in [6.45, 7) is 7.68. The fourth-order valence-electron chi connectivity index (χ4n) is 2.48. The number of likely N-dealkylation sites (tertiary alicyclic amines) is 1. The first-order valence-corrected chi connectivity index (χ1v) is 5.14. The zero-order chi connectivity index (χ0) is 9.14. The topological polar surface area (TPSA) is 29.3 Å². The summed E-state index contributed by atoms with van der Waals surface area (Å²) in [5.74, 6) is 0. The third-order valence-electron chi connectivity index (χ3n) is 2.96. The molecule has 72 valence electrons. The molecule has 0 aromatic rings. The van der Waals surface area contributed by atoms with Crippen molar-refractivity contribution in [2.24, 2.45) is 5.73 Å². The Bertz CT molecular complexity index is 134. The van der Waals surface area contributed by atoms with E-state index in [1.807, 2.05) is 0 Å². The van der Waals surface area contributed by atoms with Gasteiger partial charge in [-0.25, -0.2) is 0 Å². The Kier molecular flexibility index (Phi) is 3.53. The summed E-state index contributed by atoms with van der Waals surface area (Å²) in [5, 5.41) is 0. The molecule has 1 heterocycles. The Labute approximate surface area is 76.1 Å². The third kappa shape index (κ3) is 1.99. The van der Waals surface area contributed by atoms with Crippen LogP contribution in [-0.4, -0.2) is 29.6 Å². The van der Waals surface area contributed by atoms with E-state index in [1.165, 1.54) is 19.3 Å². The van der Waals surface area contributed by atoms with Gasteiger partial charge in [0.1, 0.15) is 0 Å². The van der Waals surface area contributed by atoms with E-state index in [9.17, 15) is 0 Å². The number of hydrogen-bond donors (Lipinski definition) is 1. The monoisotopic (exact) mass is 170 g/mol. The average molecular weight is 170 g/mol. The van der Waals surface area contributed by atoms with Gasteiger partial charge in [-0.15, -0.1) is 0 Å². The average Bonchev–Trinajstić information content (AvgIpc) is 2.03. The van der Waals surface area contributed by atoms with Crippen LogP contribution in [0.4, 0.5) is 0 Å². The first-order valence-electron chi connectivity index (χ1n) is 5.14. The van der Waals surface area contributed by atoms with E-state index in [4.69, 9.17) is 5.73 Å². The van der Waals surface area contributed by atoms with Crippen molar-refractivity contribution in [1.82, 2.24) is 4.90 Å². The molecule has 0 aromatic heterocycles. The van der Waals surface area contributed by atoms with E-state index in [1.54, 1.807) is 0 Å². The lowest BCUT2D eigenvalue weighted by Crippen LogP contribution is -2.51. The van der Waals surface area contributed by atoms with Crippen LogP contribution in [0.3, 0.4) is 0 Å². The van der Waals surface area contributed by atoms with E-state index >= 15 is 0 Å². The molecule has 12 heavy (non-hydrogen) atoms. The van der Waals surface area contributed by atoms with Crippen molar-refractivity contribution in [3.8, 4) is 0 Å². The van der Waals surface area contributed by atoms with Gasteiger partial charge >= 0.3 is 0 Å². The van der Waals surface area contributed by atoms with E-state index in [0.29, 0.717) is 12.1 Å². The first kappa shape index (κ1) is 10.0. The maximum absolute atomic E-state index is 5.75. The molecule has 1 aliphatic rings. The molecule has 2 heteroatoms. The number of rotatable bonds is 2. The van der Waals surface area contributed by atoms with Gasteiger partial charge in [0.2, 0.25) is 0 Å². The standard InChI is InChI=1S/C10H22N2/c1-8(2)12-9(3)5-4-6-10(12)7-11/h8-10H,4-7,11H2,1-3H3. The number of hydrogen-bond acceptors (Lipinski definition) is 2. The second-order valence-corrected chi connectivity index (χ2v) is 4.21. The van der Waals surface area contributed by atoms with Gasteiger partial charge in [0.15, 0.2) is 0 Å². The fraction of sp³-hybridized carbons (Fsp3) is 1.00. The minimum absolute atomic E-state index is 0.633. The van der Waals surface area contributed by atoms with Gasteiger partial charge in [-0.3, -0.25) is 4.90 Å². The Morgan fingerprint density at radius 2 is 2.08 bits per heavy atom. The Morgan fingerprint density at radius 1 is 1.42 bits per heavy atom. The summed E-state index contributed by atoms with van der Waals surface area (Å²) in [7, 11) is 0. The van der Waals surface area contributed by atoms with Crippen molar-refractivity contribution < 1.29 is 0 Å². The van der Waals surface area contributed by atoms with Gasteiger partial charge in [0.05, 0.1) is 0 Å². The highest BCUT2D eigenvalue weighted by Gasteiger charge is 2.28. The van der Waals surface area contributed by atoms with Crippen LogP contribution in [0.25, 0.3) is 0 Å². The molecule has 1 fully saturated rings. The summed E-state index contributed by atoms with van der Waals surface area (Å²) in [4.78, 5) is 2.57. The minimum Gasteiger partial charge on any atom is -0.329 e. The molecule has 0 aliphatic carbocycles. The van der Waals surface area contributed by atoms with Gasteiger partial charge < -0.3 is 5.73 Å². The molecule has 2 N–H and O–H groups in total. The van der Waals surface area contributed by atoms with E-state index in [2.05, 4.69) is 25.7 Å². The summed E-state index contributed by atoms with van der Waals surface area (Å²) in [5.41, 5.74) is 5.75. The van der Waals surface area contributed by atoms with Crippen LogP contribution in [0.5, 0.6) is 0 Å². The van der Waals surface area contributed by atoms with Crippen LogP contribution in [-0.2, 0) is 0 Å². The van der Waals surface area contributed by atoms with Gasteiger partial charge in [0, 0.05) is 24.7 Å². The molecule has 2 atom stereocenters. The predicted octanol–water partition coefficient (Wildman–Crippen LogP) is 1.60. The van der Waals surface area contributed by atoms with Gasteiger partial charge in [-0.1, -0.05) is 6.42 Å². The second kappa shape index (κ2) is 4.24. The SMILES string of the molecule is CC(C)N1C(C)CCCC1CN. The summed E-state index contributed by atoms with van der Waals surface area (Å²) < 4.78 is 0. The summed E-state index contributed by atoms with van der Waals surface area (Å²) in [6, 6.07) is 2.01. The third-order valence-corrected chi connectivity index (χ3v) is 2.96. The lowest BCUT2D eigenvalue weighted by Gasteiger charge is -2.43. The minimum atomic E-state index is 0.633. The van der Waals surface area contributed by atoms with Crippen LogP contribution in [0.2, 0.25) is 0 Å². The quantitative estimate of drug-likeness (QED) is 0.682. The summed E-state index contributed by atoms with van der Waals surface area (Å²) >= 11 is 0. The Hall–Kier alpha value is -0.0800. The fourth-order valence-corrected chi connectivity index (χ4v) is 2.48. The number of nitrogens with two attached hydrogens (primary N) is 1. The van der Waals surface area contributed by atoms with Crippen LogP contribution in [0, 0.1) is 0 Å². The van der Waals surface area contributed by atoms with Gasteiger partial charge in [-0.2, -0.15) is 0 Å². The molecular weight excluding hydrogens is 148 g/mol. The lowest BCUT2D eigenvalue weighted by atomic mass is 9.95. The zero-order valence-corrected chi connectivity index (χ0v) is 8.59. The van der Waals surface area contributed by atoms with Crippen molar-refractivity contribution in [2.45, 2.75) is 58.2 Å². The molecule has 0 bridgehead atoms. The molecular formula is C10H22N2. The Morgan fingerprint density at radius 3 is 2.50 bits per heavy atom. The molecule has 2 unspecified atom stereocenters. The first-order chi connectivity index (χ1) is 5.66. The van der Waals surface area contributed by atoms with Crippen molar-refractivity contribution in [1.29, 1.82) is 0 Å². The van der Waals surface area contributed by atoms with E-state index in [0.717, 1.165) is 12.6 Å². The van der Waals surface area contributed by atoms with E-state index in [-0.39, 0.29) is 0 Å². The predicted molar refractivity (Wildman–Crippen MR) is 53.1 cm³/mol. The van der Waals surface area contributed by atoms with Crippen molar-refractivity contribution in [3.63, 3.8) is 0 Å². The molecule has 0 amide bonds. The van der Waals surface area contributed by atoms with Crippen molar-refractivity contribution >= 4 is 0 Å². The van der Waals surface area contributed by atoms with Crippen LogP contribution in [0.1, 0.15) is 40.0 Å². The van der Waals surface area contributed by atoms with Crippen molar-refractivity contribution in [3.05, 3.63) is 0 Å². The largest absolute Gasteiger partial charge is 0.329 e. The number of piperidine rings is 1. The second-order valence-electron chi connectivity index (χ2n) is 4.21. The van der Waals surface area contributed by atoms with Crippen LogP contribution in [0.15, 0.2) is 0 Å². The molecule has 0 spiro atoms. The molecule has 0 radical (unpaired) electrons. The maximum atomic E-state index is 5.75. The maximum Gasteiger partial charge on any atom is 0.0223 e. The summed E-state index contributed by atoms with van der Waals surface area (Å²) in [6.07, 6.45) is 3.99. The smallest absolute Gasteiger partial charge is 0.0223 e. The molecule has 0 aromatic carbocycles. The van der Waals surface area contributed by atoms with Gasteiger partial charge in [0.25, 0.3) is 0 Å². The van der Waals surface area contributed by atoms with Gasteiger partial charge in [-0.05, 0) is 33.6 Å². The highest BCUT2D eigenvalue weighted by atomic mass is 15.2. The highest BCUT2D eigenvalue weighted by molar-refractivity contribution is 4.84. The Balaban J connectivity index is 2.59. The molecule has 1 saturated heterocycles. The molecule has 2 nitrogen and oxygen atoms in total.